The fourth-order valence-corrected chi connectivity index (χ4v) is 2.49. The van der Waals surface area contributed by atoms with Crippen LogP contribution in [0.15, 0.2) is 24.9 Å². The Morgan fingerprint density at radius 3 is 2.91 bits per heavy atom. The summed E-state index contributed by atoms with van der Waals surface area (Å²) in [5.74, 6) is 0.362. The Morgan fingerprint density at radius 1 is 1.64 bits per heavy atom. The first-order valence-corrected chi connectivity index (χ1v) is 7.18. The third kappa shape index (κ3) is 2.90. The molecule has 0 atom stereocenters. The Balaban J connectivity index is 2.82. The lowest BCUT2D eigenvalue weighted by Gasteiger charge is -2.12. The molecule has 0 aliphatic carbocycles. The maximum atomic E-state index is 12.2. The molecule has 22 heavy (non-hydrogen) atoms. The number of phenols is 1. The SMILES string of the molecule is COc1c(/C=N/NC(N)=S)c(O)c(Br)c2oc(C)cc(=O)c12. The third-order valence-electron chi connectivity index (χ3n) is 2.78. The van der Waals surface area contributed by atoms with Crippen LogP contribution in [-0.2, 0) is 0 Å². The van der Waals surface area contributed by atoms with Crippen molar-refractivity contribution in [1.82, 2.24) is 5.43 Å². The number of nitrogens with zero attached hydrogens (tertiary/aromatic N) is 1. The normalized spacial score (nSPS) is 11.0. The van der Waals surface area contributed by atoms with Crippen LogP contribution in [0.25, 0.3) is 11.0 Å². The van der Waals surface area contributed by atoms with Crippen molar-refractivity contribution in [1.29, 1.82) is 0 Å². The van der Waals surface area contributed by atoms with E-state index in [1.165, 1.54) is 19.4 Å². The number of hydrogen-bond acceptors (Lipinski definition) is 6. The van der Waals surface area contributed by atoms with Gasteiger partial charge in [-0.15, -0.1) is 0 Å². The van der Waals surface area contributed by atoms with Crippen LogP contribution in [0.3, 0.4) is 0 Å². The van der Waals surface area contributed by atoms with E-state index in [0.29, 0.717) is 5.76 Å². The average molecular weight is 386 g/mol. The van der Waals surface area contributed by atoms with E-state index in [4.69, 9.17) is 14.9 Å². The lowest BCUT2D eigenvalue weighted by Crippen LogP contribution is -2.24. The molecule has 0 radical (unpaired) electrons. The molecule has 0 aliphatic heterocycles. The van der Waals surface area contributed by atoms with Gasteiger partial charge >= 0.3 is 0 Å². The van der Waals surface area contributed by atoms with Crippen molar-refractivity contribution >= 4 is 50.4 Å². The van der Waals surface area contributed by atoms with Gasteiger partial charge in [0.05, 0.1) is 18.9 Å². The van der Waals surface area contributed by atoms with Gasteiger partial charge in [0.1, 0.15) is 27.1 Å². The zero-order chi connectivity index (χ0) is 16.4. The topological polar surface area (TPSA) is 110 Å². The Labute approximate surface area is 138 Å². The number of aromatic hydroxyl groups is 1. The minimum absolute atomic E-state index is 0.0373. The van der Waals surface area contributed by atoms with Gasteiger partial charge in [-0.05, 0) is 35.1 Å². The van der Waals surface area contributed by atoms with Gasteiger partial charge in [-0.2, -0.15) is 5.10 Å². The summed E-state index contributed by atoms with van der Waals surface area (Å²) < 4.78 is 11.0. The monoisotopic (exact) mass is 385 g/mol. The predicted molar refractivity (Wildman–Crippen MR) is 90.7 cm³/mol. The lowest BCUT2D eigenvalue weighted by atomic mass is 10.1. The summed E-state index contributed by atoms with van der Waals surface area (Å²) in [6, 6.07) is 1.34. The molecule has 0 fully saturated rings. The Hall–Kier alpha value is -2.13. The van der Waals surface area contributed by atoms with E-state index in [1.54, 1.807) is 6.92 Å². The molecule has 0 bridgehead atoms. The van der Waals surface area contributed by atoms with Gasteiger partial charge in [0, 0.05) is 6.07 Å². The fraction of sp³-hybridized carbons (Fsp3) is 0.154. The summed E-state index contributed by atoms with van der Waals surface area (Å²) in [6.07, 6.45) is 1.25. The minimum atomic E-state index is -0.298. The van der Waals surface area contributed by atoms with E-state index in [-0.39, 0.29) is 43.0 Å². The molecule has 0 saturated carbocycles. The predicted octanol–water partition coefficient (Wildman–Crippen LogP) is 1.75. The molecule has 0 unspecified atom stereocenters. The summed E-state index contributed by atoms with van der Waals surface area (Å²) in [7, 11) is 1.37. The molecule has 116 valence electrons. The van der Waals surface area contributed by atoms with Gasteiger partial charge in [-0.3, -0.25) is 10.2 Å². The smallest absolute Gasteiger partial charge is 0.196 e. The second-order valence-electron chi connectivity index (χ2n) is 4.27. The number of thiocarbonyl (C=S) groups is 1. The maximum Gasteiger partial charge on any atom is 0.196 e. The number of halogens is 1. The van der Waals surface area contributed by atoms with Crippen LogP contribution in [0.1, 0.15) is 11.3 Å². The van der Waals surface area contributed by atoms with E-state index in [9.17, 15) is 9.90 Å². The quantitative estimate of drug-likeness (QED) is 0.419. The van der Waals surface area contributed by atoms with Crippen molar-refractivity contribution in [2.75, 3.05) is 7.11 Å². The number of rotatable bonds is 3. The second kappa shape index (κ2) is 6.32. The van der Waals surface area contributed by atoms with Crippen molar-refractivity contribution in [3.63, 3.8) is 0 Å². The van der Waals surface area contributed by atoms with Crippen molar-refractivity contribution in [3.8, 4) is 11.5 Å². The van der Waals surface area contributed by atoms with Crippen molar-refractivity contribution in [2.24, 2.45) is 10.8 Å². The number of phenolic OH excluding ortho intramolecular Hbond substituents is 1. The molecule has 1 heterocycles. The molecule has 0 aliphatic rings. The number of nitrogens with one attached hydrogen (secondary N) is 1. The largest absolute Gasteiger partial charge is 0.506 e. The second-order valence-corrected chi connectivity index (χ2v) is 5.50. The molecule has 4 N–H and O–H groups in total. The lowest BCUT2D eigenvalue weighted by molar-refractivity contribution is 0.409. The van der Waals surface area contributed by atoms with Gasteiger partial charge in [-0.25, -0.2) is 0 Å². The van der Waals surface area contributed by atoms with E-state index in [2.05, 4.69) is 38.7 Å². The number of ether oxygens (including phenoxy) is 1. The van der Waals surface area contributed by atoms with Crippen LogP contribution in [0, 0.1) is 6.92 Å². The van der Waals surface area contributed by atoms with Gasteiger partial charge in [0.15, 0.2) is 16.1 Å². The van der Waals surface area contributed by atoms with E-state index < -0.39 is 0 Å². The number of benzene rings is 1. The van der Waals surface area contributed by atoms with Crippen molar-refractivity contribution < 1.29 is 14.3 Å². The molecule has 0 saturated heterocycles. The van der Waals surface area contributed by atoms with Crippen LogP contribution >= 0.6 is 28.1 Å². The van der Waals surface area contributed by atoms with Gasteiger partial charge in [-0.1, -0.05) is 0 Å². The minimum Gasteiger partial charge on any atom is -0.506 e. The Bertz CT molecular complexity index is 848. The Morgan fingerprint density at radius 2 is 2.32 bits per heavy atom. The Kier molecular flexibility index (Phi) is 4.67. The molecule has 0 amide bonds. The molecular formula is C13H12BrN3O4S. The van der Waals surface area contributed by atoms with E-state index in [0.717, 1.165) is 0 Å². The molecule has 2 rings (SSSR count). The average Bonchev–Trinajstić information content (AvgIpc) is 2.44. The van der Waals surface area contributed by atoms with Crippen molar-refractivity contribution in [3.05, 3.63) is 32.1 Å². The molecular weight excluding hydrogens is 374 g/mol. The highest BCUT2D eigenvalue weighted by molar-refractivity contribution is 9.10. The number of methoxy groups -OCH3 is 1. The molecule has 2 aromatic rings. The zero-order valence-electron chi connectivity index (χ0n) is 11.6. The van der Waals surface area contributed by atoms with Crippen LogP contribution in [-0.4, -0.2) is 23.5 Å². The van der Waals surface area contributed by atoms with E-state index >= 15 is 0 Å². The van der Waals surface area contributed by atoms with E-state index in [1.807, 2.05) is 0 Å². The number of fused-ring (bicyclic) bond motifs is 1. The number of aryl methyl sites for hydroxylation is 1. The first-order chi connectivity index (χ1) is 10.4. The summed E-state index contributed by atoms with van der Waals surface area (Å²) in [6.45, 7) is 1.64. The summed E-state index contributed by atoms with van der Waals surface area (Å²) in [5.41, 5.74) is 7.70. The maximum absolute atomic E-state index is 12.2. The van der Waals surface area contributed by atoms with Crippen LogP contribution in [0.5, 0.6) is 11.5 Å². The van der Waals surface area contributed by atoms with Crippen LogP contribution < -0.4 is 21.3 Å². The first kappa shape index (κ1) is 16.2. The molecule has 0 spiro atoms. The van der Waals surface area contributed by atoms with Crippen molar-refractivity contribution in [2.45, 2.75) is 6.92 Å². The van der Waals surface area contributed by atoms with Gasteiger partial charge in [0.2, 0.25) is 0 Å². The third-order valence-corrected chi connectivity index (χ3v) is 3.60. The molecule has 9 heteroatoms. The summed E-state index contributed by atoms with van der Waals surface area (Å²) in [4.78, 5) is 12.2. The number of hydrazone groups is 1. The highest BCUT2D eigenvalue weighted by Crippen LogP contribution is 2.41. The standard InChI is InChI=1S/C13H12BrN3O4S/c1-5-3-7(18)8-11(20-2)6(4-16-17-13(15)22)10(19)9(14)12(8)21-5/h3-4,19H,1-2H3,(H3,15,17,22)/b16-4+. The highest BCUT2D eigenvalue weighted by atomic mass is 79.9. The molecule has 7 nitrogen and oxygen atoms in total. The summed E-state index contributed by atoms with van der Waals surface area (Å²) in [5, 5.41) is 14.2. The zero-order valence-corrected chi connectivity index (χ0v) is 14.0. The van der Waals surface area contributed by atoms with Crippen LogP contribution in [0.2, 0.25) is 0 Å². The van der Waals surface area contributed by atoms with Gasteiger partial charge in [0.25, 0.3) is 0 Å². The summed E-state index contributed by atoms with van der Waals surface area (Å²) >= 11 is 7.84. The first-order valence-electron chi connectivity index (χ1n) is 5.98. The van der Waals surface area contributed by atoms with Gasteiger partial charge < -0.3 is 20.0 Å². The van der Waals surface area contributed by atoms with Crippen LogP contribution in [0.4, 0.5) is 0 Å². The highest BCUT2D eigenvalue weighted by Gasteiger charge is 2.21. The number of nitrogens with two attached hydrogens (primary N) is 1. The molecule has 1 aromatic heterocycles. The number of hydrogen-bond donors (Lipinski definition) is 3. The fourth-order valence-electron chi connectivity index (χ4n) is 1.94. The molecule has 1 aromatic carbocycles.